The van der Waals surface area contributed by atoms with E-state index in [0.29, 0.717) is 6.54 Å². The fraction of sp³-hybridized carbons (Fsp3) is 0.310. The van der Waals surface area contributed by atoms with Gasteiger partial charge in [0.15, 0.2) is 0 Å². The Labute approximate surface area is 196 Å². The van der Waals surface area contributed by atoms with Crippen molar-refractivity contribution in [2.24, 2.45) is 5.92 Å². The molecule has 1 amide bonds. The van der Waals surface area contributed by atoms with Crippen molar-refractivity contribution in [3.05, 3.63) is 101 Å². The van der Waals surface area contributed by atoms with Crippen LogP contribution in [-0.2, 0) is 6.54 Å². The van der Waals surface area contributed by atoms with E-state index >= 15 is 0 Å². The molecule has 0 spiro atoms. The number of hydrogen-bond donors (Lipinski definition) is 0. The summed E-state index contributed by atoms with van der Waals surface area (Å²) in [6, 6.07) is 26.5. The normalized spacial score (nSPS) is 12.3. The van der Waals surface area contributed by atoms with Crippen molar-refractivity contribution in [2.75, 3.05) is 6.54 Å². The summed E-state index contributed by atoms with van der Waals surface area (Å²) < 4.78 is 2.29. The molecular formula is C29H33N3O. The first-order valence-corrected chi connectivity index (χ1v) is 11.9. The number of aryl methyl sites for hydroxylation is 1. The van der Waals surface area contributed by atoms with Crippen LogP contribution in [0.2, 0.25) is 0 Å². The fourth-order valence-corrected chi connectivity index (χ4v) is 4.52. The molecular weight excluding hydrogens is 406 g/mol. The van der Waals surface area contributed by atoms with Crippen molar-refractivity contribution in [3.8, 4) is 0 Å². The van der Waals surface area contributed by atoms with E-state index in [-0.39, 0.29) is 17.9 Å². The Kier molecular flexibility index (Phi) is 6.93. The summed E-state index contributed by atoms with van der Waals surface area (Å²) in [6.45, 7) is 9.94. The van der Waals surface area contributed by atoms with Crippen LogP contribution in [0, 0.1) is 12.8 Å². The zero-order valence-corrected chi connectivity index (χ0v) is 20.0. The summed E-state index contributed by atoms with van der Waals surface area (Å²) in [5, 5.41) is 0. The highest BCUT2D eigenvalue weighted by molar-refractivity contribution is 5.94. The summed E-state index contributed by atoms with van der Waals surface area (Å²) >= 11 is 0. The number of imidazole rings is 1. The topological polar surface area (TPSA) is 38.1 Å². The smallest absolute Gasteiger partial charge is 0.254 e. The first kappa shape index (κ1) is 22.8. The average Bonchev–Trinajstić information content (AvgIpc) is 3.17. The molecule has 170 valence electrons. The summed E-state index contributed by atoms with van der Waals surface area (Å²) in [5.74, 6) is 1.22. The van der Waals surface area contributed by atoms with Gasteiger partial charge in [-0.3, -0.25) is 4.79 Å². The number of para-hydroxylation sites is 2. The van der Waals surface area contributed by atoms with Gasteiger partial charge in [-0.05, 0) is 49.1 Å². The summed E-state index contributed by atoms with van der Waals surface area (Å²) in [4.78, 5) is 20.9. The minimum atomic E-state index is -0.130. The Hall–Kier alpha value is -3.40. The van der Waals surface area contributed by atoms with E-state index in [4.69, 9.17) is 4.98 Å². The largest absolute Gasteiger partial charge is 0.328 e. The molecule has 4 nitrogen and oxygen atoms in total. The third-order valence-electron chi connectivity index (χ3n) is 6.12. The number of carbonyl (C=O) groups is 1. The lowest BCUT2D eigenvalue weighted by molar-refractivity contribution is 0.0606. The van der Waals surface area contributed by atoms with Crippen LogP contribution < -0.4 is 0 Å². The Morgan fingerprint density at radius 3 is 2.27 bits per heavy atom. The van der Waals surface area contributed by atoms with E-state index in [1.54, 1.807) is 0 Å². The second kappa shape index (κ2) is 10.0. The van der Waals surface area contributed by atoms with Gasteiger partial charge in [-0.25, -0.2) is 4.98 Å². The Balaban J connectivity index is 1.83. The maximum atomic E-state index is 13.7. The highest BCUT2D eigenvalue weighted by Gasteiger charge is 2.32. The van der Waals surface area contributed by atoms with Crippen molar-refractivity contribution in [3.63, 3.8) is 0 Å². The standard InChI is InChI=1S/C29H33N3O/c1-5-19-31(29(33)24-17-15-22(4)16-18-24)27(21(2)3)28-30-25-13-9-10-14-26(25)32(28)20-23-11-7-6-8-12-23/h6-18,21,27H,5,19-20H2,1-4H3. The van der Waals surface area contributed by atoms with Gasteiger partial charge in [-0.15, -0.1) is 0 Å². The third kappa shape index (κ3) is 4.85. The number of carbonyl (C=O) groups excluding carboxylic acids is 1. The van der Waals surface area contributed by atoms with Crippen LogP contribution in [0.25, 0.3) is 11.0 Å². The second-order valence-corrected chi connectivity index (χ2v) is 9.08. The van der Waals surface area contributed by atoms with Crippen LogP contribution in [0.1, 0.15) is 60.5 Å². The summed E-state index contributed by atoms with van der Waals surface area (Å²) in [6.07, 6.45) is 0.889. The molecule has 33 heavy (non-hydrogen) atoms. The Morgan fingerprint density at radius 1 is 0.939 bits per heavy atom. The molecule has 0 aliphatic carbocycles. The van der Waals surface area contributed by atoms with Crippen LogP contribution in [0.4, 0.5) is 0 Å². The van der Waals surface area contributed by atoms with Crippen molar-refractivity contribution in [1.29, 1.82) is 0 Å². The molecule has 0 radical (unpaired) electrons. The van der Waals surface area contributed by atoms with Gasteiger partial charge in [0.2, 0.25) is 0 Å². The van der Waals surface area contributed by atoms with Crippen LogP contribution in [-0.4, -0.2) is 26.9 Å². The van der Waals surface area contributed by atoms with E-state index in [1.807, 2.05) is 48.2 Å². The molecule has 4 rings (SSSR count). The van der Waals surface area contributed by atoms with E-state index in [2.05, 4.69) is 67.8 Å². The van der Waals surface area contributed by atoms with Gasteiger partial charge >= 0.3 is 0 Å². The van der Waals surface area contributed by atoms with Crippen molar-refractivity contribution < 1.29 is 4.79 Å². The zero-order valence-electron chi connectivity index (χ0n) is 20.0. The molecule has 1 aromatic heterocycles. The maximum absolute atomic E-state index is 13.7. The van der Waals surface area contributed by atoms with Gasteiger partial charge in [0, 0.05) is 18.7 Å². The molecule has 0 aliphatic rings. The number of amides is 1. The zero-order chi connectivity index (χ0) is 23.4. The van der Waals surface area contributed by atoms with Gasteiger partial charge in [0.05, 0.1) is 17.1 Å². The molecule has 4 heteroatoms. The molecule has 0 saturated heterocycles. The summed E-state index contributed by atoms with van der Waals surface area (Å²) in [7, 11) is 0. The molecule has 0 N–H and O–H groups in total. The molecule has 3 aromatic carbocycles. The minimum Gasteiger partial charge on any atom is -0.328 e. The first-order valence-electron chi connectivity index (χ1n) is 11.9. The van der Waals surface area contributed by atoms with Crippen LogP contribution in [0.15, 0.2) is 78.9 Å². The third-order valence-corrected chi connectivity index (χ3v) is 6.12. The van der Waals surface area contributed by atoms with Crippen molar-refractivity contribution in [1.82, 2.24) is 14.5 Å². The Morgan fingerprint density at radius 2 is 1.61 bits per heavy atom. The second-order valence-electron chi connectivity index (χ2n) is 9.08. The van der Waals surface area contributed by atoms with E-state index in [1.165, 1.54) is 5.56 Å². The number of rotatable bonds is 8. The highest BCUT2D eigenvalue weighted by Crippen LogP contribution is 2.33. The van der Waals surface area contributed by atoms with E-state index in [9.17, 15) is 4.79 Å². The fourth-order valence-electron chi connectivity index (χ4n) is 4.52. The van der Waals surface area contributed by atoms with Gasteiger partial charge < -0.3 is 9.47 Å². The molecule has 0 bridgehead atoms. The molecule has 1 atom stereocenters. The molecule has 0 saturated carbocycles. The van der Waals surface area contributed by atoms with Crippen LogP contribution >= 0.6 is 0 Å². The van der Waals surface area contributed by atoms with Crippen LogP contribution in [0.5, 0.6) is 0 Å². The number of nitrogens with zero attached hydrogens (tertiary/aromatic N) is 3. The monoisotopic (exact) mass is 439 g/mol. The number of hydrogen-bond acceptors (Lipinski definition) is 2. The summed E-state index contributed by atoms with van der Waals surface area (Å²) in [5.41, 5.74) is 5.16. The molecule has 0 aliphatic heterocycles. The first-order chi connectivity index (χ1) is 16.0. The number of benzene rings is 3. The lowest BCUT2D eigenvalue weighted by Gasteiger charge is -2.34. The van der Waals surface area contributed by atoms with Crippen molar-refractivity contribution in [2.45, 2.75) is 46.7 Å². The van der Waals surface area contributed by atoms with Gasteiger partial charge in [0.1, 0.15) is 5.82 Å². The lowest BCUT2D eigenvalue weighted by Crippen LogP contribution is -2.39. The van der Waals surface area contributed by atoms with Gasteiger partial charge in [-0.2, -0.15) is 0 Å². The van der Waals surface area contributed by atoms with E-state index < -0.39 is 0 Å². The average molecular weight is 440 g/mol. The number of aromatic nitrogens is 2. The molecule has 1 unspecified atom stereocenters. The molecule has 4 aromatic rings. The Bertz CT molecular complexity index is 1210. The number of fused-ring (bicyclic) bond motifs is 1. The maximum Gasteiger partial charge on any atom is 0.254 e. The van der Waals surface area contributed by atoms with Crippen molar-refractivity contribution >= 4 is 16.9 Å². The highest BCUT2D eigenvalue weighted by atomic mass is 16.2. The predicted octanol–water partition coefficient (Wildman–Crippen LogP) is 6.64. The molecule has 1 heterocycles. The van der Waals surface area contributed by atoms with E-state index in [0.717, 1.165) is 41.0 Å². The quantitative estimate of drug-likeness (QED) is 0.308. The predicted molar refractivity (Wildman–Crippen MR) is 135 cm³/mol. The SMILES string of the molecule is CCCN(C(=O)c1ccc(C)cc1)C(c1nc2ccccc2n1Cc1ccccc1)C(C)C. The van der Waals surface area contributed by atoms with Crippen LogP contribution in [0.3, 0.4) is 0 Å². The molecule has 0 fully saturated rings. The minimum absolute atomic E-state index is 0.0638. The van der Waals surface area contributed by atoms with Gasteiger partial charge in [-0.1, -0.05) is 80.9 Å². The van der Waals surface area contributed by atoms with Gasteiger partial charge in [0.25, 0.3) is 5.91 Å². The lowest BCUT2D eigenvalue weighted by atomic mass is 9.99.